The van der Waals surface area contributed by atoms with Gasteiger partial charge in [-0.15, -0.1) is 4.36 Å². The number of rotatable bonds is 4. The van der Waals surface area contributed by atoms with E-state index in [9.17, 15) is 26.6 Å². The number of nitrogens with two attached hydrogens (primary N) is 1. The lowest BCUT2D eigenvalue weighted by molar-refractivity contribution is -0.140. The molecule has 2 heterocycles. The summed E-state index contributed by atoms with van der Waals surface area (Å²) in [6.45, 7) is 2.67. The summed E-state index contributed by atoms with van der Waals surface area (Å²) in [6, 6.07) is 6.51. The maximum Gasteiger partial charge on any atom is 0.434 e. The Labute approximate surface area is 198 Å². The molecule has 0 saturated heterocycles. The summed E-state index contributed by atoms with van der Waals surface area (Å²) < 4.78 is 73.1. The molecule has 4 rings (SSSR count). The number of aryl methyl sites for hydroxylation is 2. The first-order chi connectivity index (χ1) is 16.4. The van der Waals surface area contributed by atoms with Crippen LogP contribution in [0.25, 0.3) is 11.1 Å². The van der Waals surface area contributed by atoms with Crippen LogP contribution in [-0.2, 0) is 28.9 Å². The van der Waals surface area contributed by atoms with Gasteiger partial charge in [-0.3, -0.25) is 0 Å². The van der Waals surface area contributed by atoms with Gasteiger partial charge in [0.05, 0.1) is 5.69 Å². The van der Waals surface area contributed by atoms with Crippen molar-refractivity contribution in [2.75, 3.05) is 5.32 Å². The molecule has 35 heavy (non-hydrogen) atoms. The molecule has 0 aliphatic heterocycles. The van der Waals surface area contributed by atoms with E-state index in [4.69, 9.17) is 5.14 Å². The lowest BCUT2D eigenvalue weighted by atomic mass is 9.97. The first kappa shape index (κ1) is 24.8. The minimum absolute atomic E-state index is 0.102. The molecule has 0 spiro atoms. The van der Waals surface area contributed by atoms with E-state index in [1.165, 1.54) is 32.2 Å². The van der Waals surface area contributed by atoms with Gasteiger partial charge in [0, 0.05) is 23.0 Å². The molecule has 0 radical (unpaired) electrons. The number of alkyl halides is 4. The summed E-state index contributed by atoms with van der Waals surface area (Å²) in [5.74, 6) is 0. The fraction of sp³-hybridized carbons (Fsp3) is 0.318. The van der Waals surface area contributed by atoms with Crippen molar-refractivity contribution >= 4 is 21.6 Å². The Kier molecular flexibility index (Phi) is 6.40. The van der Waals surface area contributed by atoms with Crippen LogP contribution in [0.2, 0.25) is 0 Å². The van der Waals surface area contributed by atoms with Crippen LogP contribution in [0.15, 0.2) is 45.9 Å². The predicted molar refractivity (Wildman–Crippen MR) is 122 cm³/mol. The predicted octanol–water partition coefficient (Wildman–Crippen LogP) is 5.18. The quantitative estimate of drug-likeness (QED) is 0.471. The van der Waals surface area contributed by atoms with Crippen LogP contribution < -0.4 is 10.5 Å². The second-order valence-corrected chi connectivity index (χ2v) is 9.82. The number of amides is 2. The van der Waals surface area contributed by atoms with Gasteiger partial charge in [0.1, 0.15) is 0 Å². The van der Waals surface area contributed by atoms with E-state index in [0.717, 1.165) is 4.68 Å². The van der Waals surface area contributed by atoms with E-state index >= 15 is 0 Å². The summed E-state index contributed by atoms with van der Waals surface area (Å²) >= 11 is 0. The number of urea groups is 1. The number of benzene rings is 1. The fourth-order valence-electron chi connectivity index (χ4n) is 4.04. The van der Waals surface area contributed by atoms with Gasteiger partial charge in [0.25, 0.3) is 0 Å². The van der Waals surface area contributed by atoms with Crippen molar-refractivity contribution in [2.24, 2.45) is 9.50 Å². The van der Waals surface area contributed by atoms with Crippen molar-refractivity contribution in [3.63, 3.8) is 0 Å². The molecule has 2 amide bonds. The van der Waals surface area contributed by atoms with Crippen LogP contribution in [-0.4, -0.2) is 25.0 Å². The Hall–Kier alpha value is -3.32. The summed E-state index contributed by atoms with van der Waals surface area (Å²) in [5, 5.41) is 11.7. The van der Waals surface area contributed by atoms with Gasteiger partial charge in [0.15, 0.2) is 26.9 Å². The van der Waals surface area contributed by atoms with Crippen molar-refractivity contribution in [3.8, 4) is 11.1 Å². The molecule has 2 aromatic heterocycles. The molecule has 3 N–H and O–H groups in total. The number of aromatic nitrogens is 3. The SMILES string of the molecule is Cc1cn(C(C)F)nc1S(N)(=O)=NC(=O)Nc1c2c(nc(C(F)(F)F)c1-c1ccccc1)CCC2. The van der Waals surface area contributed by atoms with Crippen molar-refractivity contribution in [1.82, 2.24) is 14.8 Å². The molecule has 8 nitrogen and oxygen atoms in total. The number of carbonyl (C=O) groups is 1. The number of anilines is 1. The lowest BCUT2D eigenvalue weighted by Gasteiger charge is -2.20. The molecule has 2 atom stereocenters. The Morgan fingerprint density at radius 1 is 1.26 bits per heavy atom. The van der Waals surface area contributed by atoms with Gasteiger partial charge in [-0.05, 0) is 44.2 Å². The lowest BCUT2D eigenvalue weighted by Crippen LogP contribution is -2.21. The summed E-state index contributed by atoms with van der Waals surface area (Å²) in [7, 11) is -3.93. The van der Waals surface area contributed by atoms with Crippen molar-refractivity contribution < 1.29 is 26.6 Å². The maximum atomic E-state index is 14.0. The van der Waals surface area contributed by atoms with E-state index in [2.05, 4.69) is 19.8 Å². The van der Waals surface area contributed by atoms with Crippen LogP contribution in [0.3, 0.4) is 0 Å². The molecule has 186 valence electrons. The van der Waals surface area contributed by atoms with Crippen molar-refractivity contribution in [2.45, 2.75) is 50.6 Å². The molecule has 0 saturated carbocycles. The third kappa shape index (κ3) is 4.91. The zero-order valence-electron chi connectivity index (χ0n) is 18.8. The third-order valence-corrected chi connectivity index (χ3v) is 6.91. The minimum Gasteiger partial charge on any atom is -0.304 e. The normalized spacial score (nSPS) is 15.9. The van der Waals surface area contributed by atoms with Gasteiger partial charge >= 0.3 is 12.2 Å². The number of carbonyl (C=O) groups excluding carboxylic acids is 1. The van der Waals surface area contributed by atoms with Gasteiger partial charge in [-0.2, -0.15) is 18.3 Å². The van der Waals surface area contributed by atoms with E-state index in [1.807, 2.05) is 0 Å². The molecular formula is C22H22F4N6O2S. The average Bonchev–Trinajstić information content (AvgIpc) is 3.40. The summed E-state index contributed by atoms with van der Waals surface area (Å²) in [4.78, 5) is 16.7. The highest BCUT2D eigenvalue weighted by Crippen LogP contribution is 2.44. The van der Waals surface area contributed by atoms with Crippen molar-refractivity contribution in [3.05, 3.63) is 59.0 Å². The first-order valence-corrected chi connectivity index (χ1v) is 12.2. The second-order valence-electron chi connectivity index (χ2n) is 8.11. The Morgan fingerprint density at radius 3 is 2.54 bits per heavy atom. The largest absolute Gasteiger partial charge is 0.434 e. The molecule has 1 aliphatic rings. The standard InChI is InChI=1S/C22H22F4N6O2S/c1-12-11-32(13(2)23)30-20(12)35(27,34)31-21(33)29-18-15-9-6-10-16(15)28-19(22(24,25)26)17(18)14-7-4-3-5-8-14/h3-5,7-8,11,13H,6,9-10H2,1-2H3,(H3,27,28,29,31,33,34). The number of hydrogen-bond donors (Lipinski definition) is 2. The highest BCUT2D eigenvalue weighted by Gasteiger charge is 2.39. The van der Waals surface area contributed by atoms with Crippen LogP contribution in [0.1, 0.15) is 42.2 Å². The van der Waals surface area contributed by atoms with Crippen LogP contribution >= 0.6 is 0 Å². The number of nitrogens with one attached hydrogen (secondary N) is 1. The monoisotopic (exact) mass is 510 g/mol. The molecule has 1 aliphatic carbocycles. The number of halogens is 4. The van der Waals surface area contributed by atoms with E-state index < -0.39 is 34.1 Å². The molecule has 0 fully saturated rings. The van der Waals surface area contributed by atoms with Gasteiger partial charge < -0.3 is 5.32 Å². The van der Waals surface area contributed by atoms with E-state index in [0.29, 0.717) is 24.8 Å². The molecule has 0 bridgehead atoms. The van der Waals surface area contributed by atoms with Crippen molar-refractivity contribution in [1.29, 1.82) is 0 Å². The number of pyridine rings is 1. The third-order valence-electron chi connectivity index (χ3n) is 5.52. The Balaban J connectivity index is 1.84. The molecular weight excluding hydrogens is 488 g/mol. The fourth-order valence-corrected chi connectivity index (χ4v) is 5.15. The molecule has 1 aromatic carbocycles. The molecule has 13 heteroatoms. The highest BCUT2D eigenvalue weighted by atomic mass is 32.2. The smallest absolute Gasteiger partial charge is 0.304 e. The average molecular weight is 511 g/mol. The second kappa shape index (κ2) is 9.04. The van der Waals surface area contributed by atoms with E-state index in [1.54, 1.807) is 18.2 Å². The zero-order valence-corrected chi connectivity index (χ0v) is 19.6. The Bertz CT molecular complexity index is 1410. The molecule has 2 unspecified atom stereocenters. The highest BCUT2D eigenvalue weighted by molar-refractivity contribution is 7.91. The summed E-state index contributed by atoms with van der Waals surface area (Å²) in [5.41, 5.74) is -0.431. The van der Waals surface area contributed by atoms with E-state index in [-0.39, 0.29) is 33.1 Å². The number of nitrogens with zero attached hydrogens (tertiary/aromatic N) is 4. The maximum absolute atomic E-state index is 14.0. The number of hydrogen-bond acceptors (Lipinski definition) is 4. The number of fused-ring (bicyclic) bond motifs is 1. The minimum atomic E-state index is -4.80. The van der Waals surface area contributed by atoms with Gasteiger partial charge in [-0.25, -0.2) is 28.2 Å². The topological polar surface area (TPSA) is 115 Å². The van der Waals surface area contributed by atoms with Gasteiger partial charge in [0.2, 0.25) is 0 Å². The van der Waals surface area contributed by atoms with Crippen LogP contribution in [0.4, 0.5) is 28.0 Å². The first-order valence-electron chi connectivity index (χ1n) is 10.6. The molecule has 3 aromatic rings. The van der Waals surface area contributed by atoms with Crippen LogP contribution in [0, 0.1) is 6.92 Å². The Morgan fingerprint density at radius 2 is 1.94 bits per heavy atom. The van der Waals surface area contributed by atoms with Gasteiger partial charge in [-0.1, -0.05) is 30.3 Å². The zero-order chi connectivity index (χ0) is 25.5. The van der Waals surface area contributed by atoms with Crippen LogP contribution in [0.5, 0.6) is 0 Å². The summed E-state index contributed by atoms with van der Waals surface area (Å²) in [6.07, 6.45) is -3.80.